The fourth-order valence-electron chi connectivity index (χ4n) is 2.13. The van der Waals surface area contributed by atoms with E-state index in [4.69, 9.17) is 10.00 Å². The van der Waals surface area contributed by atoms with E-state index in [0.29, 0.717) is 5.56 Å². The van der Waals surface area contributed by atoms with Crippen molar-refractivity contribution in [2.45, 2.75) is 26.0 Å². The molecule has 0 bridgehead atoms. The Morgan fingerprint density at radius 3 is 2.24 bits per heavy atom. The third kappa shape index (κ3) is 4.88. The number of halogens is 1. The van der Waals surface area contributed by atoms with Crippen molar-refractivity contribution in [1.82, 2.24) is 5.32 Å². The number of rotatable bonds is 5. The van der Waals surface area contributed by atoms with Crippen molar-refractivity contribution in [3.05, 3.63) is 71.0 Å². The Balaban J connectivity index is 1.93. The van der Waals surface area contributed by atoms with Crippen LogP contribution in [-0.4, -0.2) is 18.0 Å². The van der Waals surface area contributed by atoms with Crippen LogP contribution >= 0.6 is 0 Å². The zero-order valence-corrected chi connectivity index (χ0v) is 13.8. The molecule has 0 aliphatic carbocycles. The highest BCUT2D eigenvalue weighted by Crippen LogP contribution is 2.13. The van der Waals surface area contributed by atoms with Crippen LogP contribution in [0.4, 0.5) is 4.39 Å². The van der Waals surface area contributed by atoms with Crippen LogP contribution in [0.3, 0.4) is 0 Å². The zero-order valence-electron chi connectivity index (χ0n) is 13.8. The first-order valence-corrected chi connectivity index (χ1v) is 7.67. The van der Waals surface area contributed by atoms with Gasteiger partial charge in [-0.05, 0) is 55.8 Å². The lowest BCUT2D eigenvalue weighted by Crippen LogP contribution is -2.37. The van der Waals surface area contributed by atoms with Gasteiger partial charge >= 0.3 is 5.97 Å². The summed E-state index contributed by atoms with van der Waals surface area (Å²) in [7, 11) is 0. The molecule has 0 saturated carbocycles. The average Bonchev–Trinajstić information content (AvgIpc) is 2.62. The molecule has 0 fully saturated rings. The Hall–Kier alpha value is -3.20. The maximum absolute atomic E-state index is 12.9. The minimum absolute atomic E-state index is 0.255. The summed E-state index contributed by atoms with van der Waals surface area (Å²) in [5, 5.41) is 11.4. The first-order chi connectivity index (χ1) is 11.9. The molecule has 2 aromatic carbocycles. The van der Waals surface area contributed by atoms with E-state index < -0.39 is 18.0 Å². The normalized spacial score (nSPS) is 12.6. The van der Waals surface area contributed by atoms with Gasteiger partial charge in [0.2, 0.25) is 0 Å². The van der Waals surface area contributed by atoms with Gasteiger partial charge in [0, 0.05) is 0 Å². The summed E-state index contributed by atoms with van der Waals surface area (Å²) >= 11 is 0. The van der Waals surface area contributed by atoms with Crippen molar-refractivity contribution in [2.24, 2.45) is 0 Å². The largest absolute Gasteiger partial charge is 0.449 e. The minimum atomic E-state index is -0.994. The highest BCUT2D eigenvalue weighted by Gasteiger charge is 2.20. The van der Waals surface area contributed by atoms with Gasteiger partial charge in [-0.1, -0.05) is 12.1 Å². The number of nitrogens with zero attached hydrogens (tertiary/aromatic N) is 1. The van der Waals surface area contributed by atoms with E-state index in [0.717, 1.165) is 5.56 Å². The fraction of sp³-hybridized carbons (Fsp3) is 0.211. The van der Waals surface area contributed by atoms with Crippen molar-refractivity contribution >= 4 is 11.9 Å². The summed E-state index contributed by atoms with van der Waals surface area (Å²) in [6.07, 6.45) is -0.994. The van der Waals surface area contributed by atoms with Gasteiger partial charge in [-0.15, -0.1) is 0 Å². The summed E-state index contributed by atoms with van der Waals surface area (Å²) in [6.45, 7) is 3.22. The first kappa shape index (κ1) is 18.1. The Labute approximate surface area is 145 Å². The van der Waals surface area contributed by atoms with E-state index in [9.17, 15) is 14.0 Å². The van der Waals surface area contributed by atoms with Gasteiger partial charge in [0.1, 0.15) is 5.82 Å². The van der Waals surface area contributed by atoms with Crippen LogP contribution in [0.15, 0.2) is 48.5 Å². The molecule has 2 aromatic rings. The second-order valence-corrected chi connectivity index (χ2v) is 5.52. The number of hydrogen-bond donors (Lipinski definition) is 1. The summed E-state index contributed by atoms with van der Waals surface area (Å²) in [4.78, 5) is 24.2. The van der Waals surface area contributed by atoms with Crippen LogP contribution in [0.5, 0.6) is 0 Å². The van der Waals surface area contributed by atoms with E-state index in [2.05, 4.69) is 5.32 Å². The standard InChI is InChI=1S/C19H17FN2O3/c1-12(15-7-9-17(20)10-8-15)22-18(23)13(2)25-19(24)16-5-3-14(11-21)4-6-16/h3-10,12-13H,1-2H3,(H,22,23)/t12-,13-/m1/s1. The van der Waals surface area contributed by atoms with Gasteiger partial charge in [0.25, 0.3) is 5.91 Å². The highest BCUT2D eigenvalue weighted by atomic mass is 19.1. The molecule has 5 nitrogen and oxygen atoms in total. The molecule has 0 aliphatic heterocycles. The predicted molar refractivity (Wildman–Crippen MR) is 89.0 cm³/mol. The number of carbonyl (C=O) groups is 2. The number of nitrogens with one attached hydrogen (secondary N) is 1. The smallest absolute Gasteiger partial charge is 0.338 e. The maximum Gasteiger partial charge on any atom is 0.338 e. The molecule has 0 heterocycles. The number of hydrogen-bond acceptors (Lipinski definition) is 4. The lowest BCUT2D eigenvalue weighted by molar-refractivity contribution is -0.129. The van der Waals surface area contributed by atoms with Gasteiger partial charge in [-0.2, -0.15) is 5.26 Å². The molecule has 6 heteroatoms. The second-order valence-electron chi connectivity index (χ2n) is 5.52. The van der Waals surface area contributed by atoms with Gasteiger partial charge in [0.05, 0.1) is 23.2 Å². The summed E-state index contributed by atoms with van der Waals surface area (Å²) in [5.74, 6) is -1.47. The highest BCUT2D eigenvalue weighted by molar-refractivity contribution is 5.92. The van der Waals surface area contributed by atoms with Gasteiger partial charge in [-0.25, -0.2) is 9.18 Å². The topological polar surface area (TPSA) is 79.2 Å². The molecule has 1 amide bonds. The van der Waals surface area contributed by atoms with Crippen LogP contribution in [0.25, 0.3) is 0 Å². The van der Waals surface area contributed by atoms with Crippen LogP contribution < -0.4 is 5.32 Å². The molecule has 0 unspecified atom stereocenters. The Morgan fingerprint density at radius 1 is 1.08 bits per heavy atom. The lowest BCUT2D eigenvalue weighted by atomic mass is 10.1. The first-order valence-electron chi connectivity index (χ1n) is 7.67. The molecule has 0 aliphatic rings. The number of benzene rings is 2. The van der Waals surface area contributed by atoms with E-state index >= 15 is 0 Å². The summed E-state index contributed by atoms with van der Waals surface area (Å²) < 4.78 is 18.1. The monoisotopic (exact) mass is 340 g/mol. The molecule has 0 spiro atoms. The molecular formula is C19H17FN2O3. The van der Waals surface area contributed by atoms with Crippen LogP contribution in [0.1, 0.15) is 41.4 Å². The molecule has 25 heavy (non-hydrogen) atoms. The van der Waals surface area contributed by atoms with Crippen molar-refractivity contribution in [1.29, 1.82) is 5.26 Å². The van der Waals surface area contributed by atoms with Crippen molar-refractivity contribution < 1.29 is 18.7 Å². The van der Waals surface area contributed by atoms with E-state index in [1.807, 2.05) is 6.07 Å². The van der Waals surface area contributed by atoms with E-state index in [1.165, 1.54) is 43.3 Å². The van der Waals surface area contributed by atoms with Crippen LogP contribution in [0.2, 0.25) is 0 Å². The molecular weight excluding hydrogens is 323 g/mol. The number of nitriles is 1. The molecule has 128 valence electrons. The minimum Gasteiger partial charge on any atom is -0.449 e. The SMILES string of the molecule is C[C@@H](OC(=O)c1ccc(C#N)cc1)C(=O)N[C@H](C)c1ccc(F)cc1. The Bertz CT molecular complexity index is 795. The number of carbonyl (C=O) groups excluding carboxylic acids is 2. The van der Waals surface area contributed by atoms with Gasteiger partial charge in [-0.3, -0.25) is 4.79 Å². The zero-order chi connectivity index (χ0) is 18.4. The molecule has 2 atom stereocenters. The quantitative estimate of drug-likeness (QED) is 0.848. The summed E-state index contributed by atoms with van der Waals surface area (Å²) in [5.41, 5.74) is 1.42. The Kier molecular flexibility index (Phi) is 5.85. The average molecular weight is 340 g/mol. The van der Waals surface area contributed by atoms with E-state index in [1.54, 1.807) is 19.1 Å². The maximum atomic E-state index is 12.9. The number of esters is 1. The lowest BCUT2D eigenvalue weighted by Gasteiger charge is -2.18. The molecule has 2 rings (SSSR count). The third-order valence-corrected chi connectivity index (χ3v) is 3.63. The number of amides is 1. The Morgan fingerprint density at radius 2 is 1.68 bits per heavy atom. The van der Waals surface area contributed by atoms with Crippen LogP contribution in [-0.2, 0) is 9.53 Å². The molecule has 0 aromatic heterocycles. The molecule has 1 N–H and O–H groups in total. The van der Waals surface area contributed by atoms with Gasteiger partial charge in [0.15, 0.2) is 6.10 Å². The second kappa shape index (κ2) is 8.06. The fourth-order valence-corrected chi connectivity index (χ4v) is 2.13. The summed E-state index contributed by atoms with van der Waals surface area (Å²) in [6, 6.07) is 13.3. The molecule has 0 saturated heterocycles. The number of ether oxygens (including phenoxy) is 1. The third-order valence-electron chi connectivity index (χ3n) is 3.63. The van der Waals surface area contributed by atoms with Gasteiger partial charge < -0.3 is 10.1 Å². The predicted octanol–water partition coefficient (Wildman–Crippen LogP) is 3.12. The van der Waals surface area contributed by atoms with Crippen molar-refractivity contribution in [3.63, 3.8) is 0 Å². The van der Waals surface area contributed by atoms with Crippen molar-refractivity contribution in [3.8, 4) is 6.07 Å². The van der Waals surface area contributed by atoms with E-state index in [-0.39, 0.29) is 17.4 Å². The van der Waals surface area contributed by atoms with Crippen molar-refractivity contribution in [2.75, 3.05) is 0 Å². The van der Waals surface area contributed by atoms with Crippen LogP contribution in [0, 0.1) is 17.1 Å². The molecule has 0 radical (unpaired) electrons.